The number of carbonyl (C=O) groups excluding carboxylic acids is 1. The quantitative estimate of drug-likeness (QED) is 0.643. The molecule has 1 amide bonds. The van der Waals surface area contributed by atoms with Gasteiger partial charge in [0.1, 0.15) is 0 Å². The van der Waals surface area contributed by atoms with Crippen molar-refractivity contribution >= 4 is 22.0 Å². The number of nitrogens with one attached hydrogen (secondary N) is 1. The predicted octanol–water partition coefficient (Wildman–Crippen LogP) is 2.62. The average Bonchev–Trinajstić information content (AvgIpc) is 3.38. The molecule has 1 N–H and O–H groups in total. The Bertz CT molecular complexity index is 1060. The molecule has 2 aromatic rings. The molecule has 0 spiro atoms. The Morgan fingerprint density at radius 1 is 1.06 bits per heavy atom. The lowest BCUT2D eigenvalue weighted by Gasteiger charge is -2.34. The van der Waals surface area contributed by atoms with Crippen molar-refractivity contribution in [3.05, 3.63) is 71.8 Å². The summed E-state index contributed by atoms with van der Waals surface area (Å²) >= 11 is 0. The van der Waals surface area contributed by atoms with E-state index in [1.807, 2.05) is 18.2 Å². The summed E-state index contributed by atoms with van der Waals surface area (Å²) in [6.07, 6.45) is 5.98. The van der Waals surface area contributed by atoms with Crippen LogP contribution >= 0.6 is 0 Å². The number of carbonyl (C=O) groups is 1. The molecule has 176 valence electrons. The van der Waals surface area contributed by atoms with Crippen molar-refractivity contribution < 1.29 is 17.9 Å². The van der Waals surface area contributed by atoms with E-state index in [-0.39, 0.29) is 23.5 Å². The van der Waals surface area contributed by atoms with E-state index < -0.39 is 10.0 Å². The van der Waals surface area contributed by atoms with Gasteiger partial charge in [-0.25, -0.2) is 13.1 Å². The van der Waals surface area contributed by atoms with E-state index in [0.29, 0.717) is 25.3 Å². The van der Waals surface area contributed by atoms with Gasteiger partial charge in [0.2, 0.25) is 10.0 Å². The van der Waals surface area contributed by atoms with Crippen molar-refractivity contribution in [3.63, 3.8) is 0 Å². The smallest absolute Gasteiger partial charge is 0.253 e. The number of benzene rings is 2. The van der Waals surface area contributed by atoms with Gasteiger partial charge in [0, 0.05) is 51.4 Å². The summed E-state index contributed by atoms with van der Waals surface area (Å²) in [4.78, 5) is 17.2. The van der Waals surface area contributed by atoms with Crippen LogP contribution in [0.2, 0.25) is 0 Å². The third-order valence-corrected chi connectivity index (χ3v) is 7.47. The highest BCUT2D eigenvalue weighted by Gasteiger charge is 2.24. The molecule has 2 fully saturated rings. The Morgan fingerprint density at radius 2 is 1.85 bits per heavy atom. The molecule has 2 heterocycles. The van der Waals surface area contributed by atoms with Crippen LogP contribution in [0.15, 0.2) is 65.6 Å². The molecule has 2 aliphatic rings. The maximum atomic E-state index is 13.0. The van der Waals surface area contributed by atoms with Gasteiger partial charge in [-0.1, -0.05) is 48.6 Å². The van der Waals surface area contributed by atoms with Crippen molar-refractivity contribution in [2.45, 2.75) is 23.8 Å². The van der Waals surface area contributed by atoms with Gasteiger partial charge >= 0.3 is 0 Å². The van der Waals surface area contributed by atoms with Crippen molar-refractivity contribution in [1.82, 2.24) is 14.5 Å². The molecule has 0 aromatic heterocycles. The van der Waals surface area contributed by atoms with Crippen LogP contribution in [0.4, 0.5) is 0 Å². The van der Waals surface area contributed by atoms with E-state index in [9.17, 15) is 13.2 Å². The molecule has 8 heteroatoms. The Hall–Kier alpha value is -2.52. The number of hydrogen-bond donors (Lipinski definition) is 1. The molecule has 2 aromatic carbocycles. The zero-order chi connectivity index (χ0) is 23.1. The van der Waals surface area contributed by atoms with Gasteiger partial charge in [-0.15, -0.1) is 0 Å². The van der Waals surface area contributed by atoms with Crippen molar-refractivity contribution in [3.8, 4) is 0 Å². The highest BCUT2D eigenvalue weighted by Crippen LogP contribution is 2.16. The average molecular weight is 470 g/mol. The molecule has 0 saturated carbocycles. The molecule has 1 atom stereocenters. The molecular formula is C25H31N3O4S. The van der Waals surface area contributed by atoms with Crippen LogP contribution < -0.4 is 4.72 Å². The number of nitrogens with zero attached hydrogens (tertiary/aromatic N) is 2. The predicted molar refractivity (Wildman–Crippen MR) is 128 cm³/mol. The molecule has 0 bridgehead atoms. The molecule has 1 unspecified atom stereocenters. The fourth-order valence-corrected chi connectivity index (χ4v) is 5.22. The standard InChI is InChI=1S/C25H31N3O4S/c29-25(28-16-14-27(15-17-28)13-5-9-21-7-2-1-3-8-21)22-10-4-12-24(19-22)33(30,31)26-20-23-11-6-18-32-23/h1-5,7-10,12,19,23,26H,6,11,13-18,20H2/b9-5+. The van der Waals surface area contributed by atoms with Gasteiger partial charge in [0.25, 0.3) is 5.91 Å². The van der Waals surface area contributed by atoms with E-state index in [1.165, 1.54) is 17.7 Å². The number of ether oxygens (including phenoxy) is 1. The van der Waals surface area contributed by atoms with E-state index in [0.717, 1.165) is 32.5 Å². The van der Waals surface area contributed by atoms with E-state index >= 15 is 0 Å². The number of rotatable bonds is 8. The van der Waals surface area contributed by atoms with Crippen molar-refractivity contribution in [1.29, 1.82) is 0 Å². The largest absolute Gasteiger partial charge is 0.377 e. The van der Waals surface area contributed by atoms with Crippen LogP contribution in [-0.2, 0) is 14.8 Å². The number of piperazine rings is 1. The van der Waals surface area contributed by atoms with Crippen molar-refractivity contribution in [2.24, 2.45) is 0 Å². The third kappa shape index (κ3) is 6.51. The molecule has 4 rings (SSSR count). The second kappa shape index (κ2) is 11.1. The minimum absolute atomic E-state index is 0.0802. The summed E-state index contributed by atoms with van der Waals surface area (Å²) in [6, 6.07) is 16.5. The maximum Gasteiger partial charge on any atom is 0.253 e. The Morgan fingerprint density at radius 3 is 2.58 bits per heavy atom. The fourth-order valence-electron chi connectivity index (χ4n) is 4.11. The SMILES string of the molecule is O=C(c1cccc(S(=O)(=O)NCC2CCCO2)c1)N1CCN(C/C=C/c2ccccc2)CC1. The Labute approximate surface area is 196 Å². The molecule has 33 heavy (non-hydrogen) atoms. The van der Waals surface area contributed by atoms with Crippen LogP contribution in [-0.4, -0.2) is 76.1 Å². The Kier molecular flexibility index (Phi) is 7.93. The van der Waals surface area contributed by atoms with Gasteiger partial charge in [-0.2, -0.15) is 0 Å². The minimum atomic E-state index is -3.69. The zero-order valence-corrected chi connectivity index (χ0v) is 19.5. The maximum absolute atomic E-state index is 13.0. The summed E-state index contributed by atoms with van der Waals surface area (Å²) in [7, 11) is -3.69. The monoisotopic (exact) mass is 469 g/mol. The summed E-state index contributed by atoms with van der Waals surface area (Å²) in [5.74, 6) is -0.134. The molecule has 2 saturated heterocycles. The Balaban J connectivity index is 1.30. The normalized spacial score (nSPS) is 19.9. The van der Waals surface area contributed by atoms with Gasteiger partial charge in [-0.3, -0.25) is 9.69 Å². The summed E-state index contributed by atoms with van der Waals surface area (Å²) < 4.78 is 33.5. The van der Waals surface area contributed by atoms with Crippen LogP contribution in [0.3, 0.4) is 0 Å². The molecule has 0 radical (unpaired) electrons. The highest BCUT2D eigenvalue weighted by molar-refractivity contribution is 7.89. The van der Waals surface area contributed by atoms with Crippen LogP contribution in [0.25, 0.3) is 6.08 Å². The molecule has 7 nitrogen and oxygen atoms in total. The first-order chi connectivity index (χ1) is 16.0. The molecule has 2 aliphatic heterocycles. The molecule has 0 aliphatic carbocycles. The lowest BCUT2D eigenvalue weighted by molar-refractivity contribution is 0.0650. The van der Waals surface area contributed by atoms with Gasteiger partial charge in [0.05, 0.1) is 11.0 Å². The van der Waals surface area contributed by atoms with Crippen molar-refractivity contribution in [2.75, 3.05) is 45.9 Å². The van der Waals surface area contributed by atoms with E-state index in [2.05, 4.69) is 33.9 Å². The lowest BCUT2D eigenvalue weighted by atomic mass is 10.1. The highest BCUT2D eigenvalue weighted by atomic mass is 32.2. The first-order valence-corrected chi connectivity index (χ1v) is 12.9. The van der Waals surface area contributed by atoms with Gasteiger partial charge < -0.3 is 9.64 Å². The lowest BCUT2D eigenvalue weighted by Crippen LogP contribution is -2.48. The second-order valence-electron chi connectivity index (χ2n) is 8.42. The molecular weight excluding hydrogens is 438 g/mol. The minimum Gasteiger partial charge on any atom is -0.377 e. The summed E-state index contributed by atoms with van der Waals surface area (Å²) in [5, 5.41) is 0. The van der Waals surface area contributed by atoms with Crippen LogP contribution in [0, 0.1) is 0 Å². The summed E-state index contributed by atoms with van der Waals surface area (Å²) in [6.45, 7) is 4.56. The van der Waals surface area contributed by atoms with Crippen LogP contribution in [0.1, 0.15) is 28.8 Å². The van der Waals surface area contributed by atoms with Gasteiger partial charge in [0.15, 0.2) is 0 Å². The topological polar surface area (TPSA) is 78.9 Å². The number of amides is 1. The van der Waals surface area contributed by atoms with Crippen LogP contribution in [0.5, 0.6) is 0 Å². The van der Waals surface area contributed by atoms with E-state index in [1.54, 1.807) is 17.0 Å². The van der Waals surface area contributed by atoms with E-state index in [4.69, 9.17) is 4.74 Å². The number of sulfonamides is 1. The zero-order valence-electron chi connectivity index (χ0n) is 18.7. The van der Waals surface area contributed by atoms with Gasteiger partial charge in [-0.05, 0) is 36.6 Å². The first-order valence-electron chi connectivity index (χ1n) is 11.5. The summed E-state index contributed by atoms with van der Waals surface area (Å²) in [5.41, 5.74) is 1.57. The first kappa shape index (κ1) is 23.6. The third-order valence-electron chi connectivity index (χ3n) is 6.05. The second-order valence-corrected chi connectivity index (χ2v) is 10.2. The fraction of sp³-hybridized carbons (Fsp3) is 0.400. The number of hydrogen-bond acceptors (Lipinski definition) is 5.